The summed E-state index contributed by atoms with van der Waals surface area (Å²) in [5, 5.41) is 13.9. The Labute approximate surface area is 181 Å². The molecule has 8 nitrogen and oxygen atoms in total. The van der Waals surface area contributed by atoms with Crippen LogP contribution in [0.4, 0.5) is 5.69 Å². The number of nitrogens with zero attached hydrogens (tertiary/aromatic N) is 7. The summed E-state index contributed by atoms with van der Waals surface area (Å²) in [4.78, 5) is 13.3. The second kappa shape index (κ2) is 7.76. The zero-order valence-electron chi connectivity index (χ0n) is 17.6. The first-order valence-corrected chi connectivity index (χ1v) is 10.3. The van der Waals surface area contributed by atoms with Crippen molar-refractivity contribution in [3.05, 3.63) is 59.3 Å². The Hall–Kier alpha value is -3.86. The number of benzene rings is 1. The Kier molecular flexibility index (Phi) is 4.79. The number of hydrogen-bond acceptors (Lipinski definition) is 7. The van der Waals surface area contributed by atoms with Gasteiger partial charge in [-0.05, 0) is 37.3 Å². The Bertz CT molecular complexity index is 1180. The highest BCUT2D eigenvalue weighted by atomic mass is 16.5. The van der Waals surface area contributed by atoms with Gasteiger partial charge >= 0.3 is 6.01 Å². The van der Waals surface area contributed by atoms with E-state index in [-0.39, 0.29) is 0 Å². The number of hydrogen-bond donors (Lipinski definition) is 0. The molecule has 0 atom stereocenters. The predicted molar refractivity (Wildman–Crippen MR) is 117 cm³/mol. The molecular formula is C23H23N7O. The minimum absolute atomic E-state index is 0.329. The second-order valence-corrected chi connectivity index (χ2v) is 7.78. The maximum Gasteiger partial charge on any atom is 0.316 e. The summed E-state index contributed by atoms with van der Waals surface area (Å²) in [6.07, 6.45) is 5.74. The van der Waals surface area contributed by atoms with Crippen LogP contribution in [0.2, 0.25) is 0 Å². The molecule has 0 aliphatic carbocycles. The number of aromatic nitrogens is 4. The van der Waals surface area contributed by atoms with Crippen LogP contribution in [-0.2, 0) is 6.54 Å². The summed E-state index contributed by atoms with van der Waals surface area (Å²) in [5.74, 6) is 0. The van der Waals surface area contributed by atoms with E-state index in [1.54, 1.807) is 19.5 Å². The van der Waals surface area contributed by atoms with Crippen molar-refractivity contribution in [3.63, 3.8) is 0 Å². The van der Waals surface area contributed by atoms with E-state index in [0.29, 0.717) is 11.6 Å². The van der Waals surface area contributed by atoms with E-state index >= 15 is 0 Å². The molecule has 156 valence electrons. The summed E-state index contributed by atoms with van der Waals surface area (Å²) in [6, 6.07) is 10.5. The van der Waals surface area contributed by atoms with E-state index in [1.165, 1.54) is 11.4 Å². The van der Waals surface area contributed by atoms with E-state index in [2.05, 4.69) is 47.8 Å². The van der Waals surface area contributed by atoms with Crippen molar-refractivity contribution in [2.24, 2.45) is 0 Å². The minimum atomic E-state index is 0.329. The molecule has 0 saturated carbocycles. The van der Waals surface area contributed by atoms with Gasteiger partial charge in [0.25, 0.3) is 0 Å². The minimum Gasteiger partial charge on any atom is -0.467 e. The summed E-state index contributed by atoms with van der Waals surface area (Å²) >= 11 is 0. The van der Waals surface area contributed by atoms with Crippen molar-refractivity contribution in [1.82, 2.24) is 24.6 Å². The van der Waals surface area contributed by atoms with E-state index in [9.17, 15) is 5.26 Å². The summed E-state index contributed by atoms with van der Waals surface area (Å²) in [7, 11) is 1.55. The van der Waals surface area contributed by atoms with Crippen LogP contribution in [-0.4, -0.2) is 57.9 Å². The topological polar surface area (TPSA) is 83.1 Å². The van der Waals surface area contributed by atoms with Gasteiger partial charge in [0.15, 0.2) is 0 Å². The lowest BCUT2D eigenvalue weighted by atomic mass is 10.0. The average Bonchev–Trinajstić information content (AvgIpc) is 3.36. The molecule has 5 rings (SSSR count). The largest absolute Gasteiger partial charge is 0.467 e. The maximum atomic E-state index is 9.39. The number of fused-ring (bicyclic) bond motifs is 1. The molecule has 1 aromatic carbocycles. The fourth-order valence-electron chi connectivity index (χ4n) is 4.28. The lowest BCUT2D eigenvalue weighted by molar-refractivity contribution is 0.309. The SMILES string of the molecule is COc1ncc(-c2cc(C#N)ccc2N2CCN(C3=Cc4cc(C)nn4C3)CC2)cn1. The molecule has 0 radical (unpaired) electrons. The third-order valence-electron chi connectivity index (χ3n) is 5.83. The number of rotatable bonds is 4. The maximum absolute atomic E-state index is 9.39. The first-order valence-electron chi connectivity index (χ1n) is 10.3. The number of allylic oxidation sites excluding steroid dienone is 1. The van der Waals surface area contributed by atoms with E-state index in [0.717, 1.165) is 55.2 Å². The molecule has 0 amide bonds. The summed E-state index contributed by atoms with van der Waals surface area (Å²) in [6.45, 7) is 6.54. The van der Waals surface area contributed by atoms with Crippen LogP contribution < -0.4 is 9.64 Å². The molecule has 2 aromatic heterocycles. The first kappa shape index (κ1) is 19.1. The molecule has 31 heavy (non-hydrogen) atoms. The van der Waals surface area contributed by atoms with Gasteiger partial charge in [-0.15, -0.1) is 0 Å². The molecule has 1 fully saturated rings. The number of aryl methyl sites for hydroxylation is 1. The van der Waals surface area contributed by atoms with Gasteiger partial charge < -0.3 is 14.5 Å². The summed E-state index contributed by atoms with van der Waals surface area (Å²) < 4.78 is 7.15. The first-order chi connectivity index (χ1) is 15.1. The average molecular weight is 413 g/mol. The molecule has 0 spiro atoms. The standard InChI is InChI=1S/C23H23N7O/c1-16-9-19-11-20(15-30(19)27-16)28-5-7-29(8-6-28)22-4-3-17(12-24)10-21(22)18-13-25-23(31-2)26-14-18/h3-4,9-11,13-14H,5-8,15H2,1-2H3. The molecule has 0 N–H and O–H groups in total. The molecule has 3 aromatic rings. The predicted octanol–water partition coefficient (Wildman–Crippen LogP) is 2.71. The molecular weight excluding hydrogens is 390 g/mol. The van der Waals surface area contributed by atoms with Crippen LogP contribution in [0.15, 0.2) is 42.4 Å². The number of piperazine rings is 1. The van der Waals surface area contributed by atoms with Crippen molar-refractivity contribution >= 4 is 11.8 Å². The van der Waals surface area contributed by atoms with E-state index < -0.39 is 0 Å². The van der Waals surface area contributed by atoms with Gasteiger partial charge in [-0.1, -0.05) is 0 Å². The van der Waals surface area contributed by atoms with Crippen LogP contribution in [0.1, 0.15) is 17.0 Å². The highest BCUT2D eigenvalue weighted by Crippen LogP contribution is 2.33. The van der Waals surface area contributed by atoms with Gasteiger partial charge in [-0.2, -0.15) is 10.4 Å². The molecule has 1 saturated heterocycles. The van der Waals surface area contributed by atoms with Crippen LogP contribution >= 0.6 is 0 Å². The number of ether oxygens (including phenoxy) is 1. The van der Waals surface area contributed by atoms with Gasteiger partial charge in [-0.3, -0.25) is 4.68 Å². The lowest BCUT2D eigenvalue weighted by Gasteiger charge is -2.38. The van der Waals surface area contributed by atoms with Crippen molar-refractivity contribution in [2.75, 3.05) is 38.2 Å². The molecule has 4 heterocycles. The van der Waals surface area contributed by atoms with Crippen LogP contribution in [0, 0.1) is 18.3 Å². The molecule has 2 aliphatic heterocycles. The van der Waals surface area contributed by atoms with Gasteiger partial charge in [0.05, 0.1) is 36.7 Å². The van der Waals surface area contributed by atoms with Gasteiger partial charge in [-0.25, -0.2) is 9.97 Å². The Morgan fingerprint density at radius 2 is 1.77 bits per heavy atom. The Morgan fingerprint density at radius 3 is 2.45 bits per heavy atom. The van der Waals surface area contributed by atoms with E-state index in [4.69, 9.17) is 4.74 Å². The van der Waals surface area contributed by atoms with Gasteiger partial charge in [0, 0.05) is 61.1 Å². The number of methoxy groups -OCH3 is 1. The zero-order valence-corrected chi connectivity index (χ0v) is 17.6. The normalized spacial score (nSPS) is 15.5. The highest BCUT2D eigenvalue weighted by Gasteiger charge is 2.24. The van der Waals surface area contributed by atoms with Gasteiger partial charge in [0.1, 0.15) is 0 Å². The molecule has 2 aliphatic rings. The van der Waals surface area contributed by atoms with Crippen LogP contribution in [0.25, 0.3) is 17.2 Å². The zero-order chi connectivity index (χ0) is 21.4. The van der Waals surface area contributed by atoms with Crippen molar-refractivity contribution in [1.29, 1.82) is 5.26 Å². The van der Waals surface area contributed by atoms with Crippen molar-refractivity contribution < 1.29 is 4.74 Å². The number of anilines is 1. The quantitative estimate of drug-likeness (QED) is 0.650. The van der Waals surface area contributed by atoms with Crippen LogP contribution in [0.5, 0.6) is 6.01 Å². The van der Waals surface area contributed by atoms with Crippen molar-refractivity contribution in [3.8, 4) is 23.2 Å². The highest BCUT2D eigenvalue weighted by molar-refractivity contribution is 5.79. The van der Waals surface area contributed by atoms with Gasteiger partial charge in [0.2, 0.25) is 0 Å². The molecule has 0 unspecified atom stereocenters. The lowest BCUT2D eigenvalue weighted by Crippen LogP contribution is -2.46. The van der Waals surface area contributed by atoms with Crippen LogP contribution in [0.3, 0.4) is 0 Å². The monoisotopic (exact) mass is 413 g/mol. The fraction of sp³-hybridized carbons (Fsp3) is 0.304. The fourth-order valence-corrected chi connectivity index (χ4v) is 4.28. The third kappa shape index (κ3) is 3.59. The van der Waals surface area contributed by atoms with E-state index in [1.807, 2.05) is 25.1 Å². The number of nitriles is 1. The second-order valence-electron chi connectivity index (χ2n) is 7.78. The van der Waals surface area contributed by atoms with Crippen molar-refractivity contribution in [2.45, 2.75) is 13.5 Å². The molecule has 0 bridgehead atoms. The third-order valence-corrected chi connectivity index (χ3v) is 5.83. The Morgan fingerprint density at radius 1 is 1.03 bits per heavy atom. The Balaban J connectivity index is 1.36. The summed E-state index contributed by atoms with van der Waals surface area (Å²) in [5.41, 5.74) is 7.12. The smallest absolute Gasteiger partial charge is 0.316 e. The molecule has 8 heteroatoms.